The molecule has 0 radical (unpaired) electrons. The molecule has 5 aromatic rings. The molecule has 1 heterocycles. The minimum atomic E-state index is -1.06. The highest BCUT2D eigenvalue weighted by Gasteiger charge is 2.14. The summed E-state index contributed by atoms with van der Waals surface area (Å²) in [4.78, 5) is 29.6. The quantitative estimate of drug-likeness (QED) is 0.162. The van der Waals surface area contributed by atoms with Crippen molar-refractivity contribution in [3.05, 3.63) is 135 Å². The molecule has 1 aromatic heterocycles. The summed E-state index contributed by atoms with van der Waals surface area (Å²) in [6.45, 7) is 0.699. The first kappa shape index (κ1) is 27.9. The molecule has 4 aromatic carbocycles. The van der Waals surface area contributed by atoms with Crippen molar-refractivity contribution in [2.75, 3.05) is 13.7 Å². The fourth-order valence-electron chi connectivity index (χ4n) is 4.78. The number of benzene rings is 4. The second-order valence-corrected chi connectivity index (χ2v) is 10.6. The Labute approximate surface area is 241 Å². The molecule has 1 unspecified atom stereocenters. The van der Waals surface area contributed by atoms with Crippen LogP contribution in [0.2, 0.25) is 0 Å². The summed E-state index contributed by atoms with van der Waals surface area (Å²) in [6.07, 6.45) is 0.788. The SMILES string of the molecule is CO/N=C(\c1ccccc1)c1ccc2c(c1)sc(=O)n2CCOc1ccc(CC(Cc2ccccc2)C(=O)[O-])cc1. The molecule has 8 heteroatoms. The van der Waals surface area contributed by atoms with Crippen molar-refractivity contribution in [2.45, 2.75) is 19.4 Å². The van der Waals surface area contributed by atoms with Gasteiger partial charge in [-0.15, -0.1) is 0 Å². The molecule has 7 nitrogen and oxygen atoms in total. The van der Waals surface area contributed by atoms with Crippen LogP contribution in [-0.4, -0.2) is 30.0 Å². The molecule has 208 valence electrons. The Balaban J connectivity index is 1.22. The zero-order valence-corrected chi connectivity index (χ0v) is 23.4. The van der Waals surface area contributed by atoms with Gasteiger partial charge in [-0.1, -0.05) is 95.4 Å². The first-order valence-electron chi connectivity index (χ1n) is 13.3. The predicted molar refractivity (Wildman–Crippen MR) is 159 cm³/mol. The summed E-state index contributed by atoms with van der Waals surface area (Å²) in [5, 5.41) is 15.9. The van der Waals surface area contributed by atoms with Gasteiger partial charge in [0, 0.05) is 23.0 Å². The fraction of sp³-hybridized carbons (Fsp3) is 0.182. The van der Waals surface area contributed by atoms with E-state index in [-0.39, 0.29) is 4.87 Å². The van der Waals surface area contributed by atoms with Crippen LogP contribution < -0.4 is 14.7 Å². The maximum atomic E-state index is 12.8. The van der Waals surface area contributed by atoms with Crippen molar-refractivity contribution in [1.82, 2.24) is 4.57 Å². The summed E-state index contributed by atoms with van der Waals surface area (Å²) < 4.78 is 8.48. The maximum absolute atomic E-state index is 12.8. The van der Waals surface area contributed by atoms with Gasteiger partial charge in [-0.2, -0.15) is 0 Å². The van der Waals surface area contributed by atoms with E-state index in [0.29, 0.717) is 37.5 Å². The normalized spacial score (nSPS) is 12.3. The molecule has 0 bridgehead atoms. The van der Waals surface area contributed by atoms with E-state index in [4.69, 9.17) is 9.57 Å². The number of thiazole rings is 1. The molecular formula is C33H29N2O5S-. The van der Waals surface area contributed by atoms with Crippen LogP contribution in [0.4, 0.5) is 0 Å². The maximum Gasteiger partial charge on any atom is 0.308 e. The van der Waals surface area contributed by atoms with Gasteiger partial charge in [-0.05, 0) is 48.2 Å². The van der Waals surface area contributed by atoms with Gasteiger partial charge in [0.1, 0.15) is 25.2 Å². The van der Waals surface area contributed by atoms with Crippen LogP contribution >= 0.6 is 11.3 Å². The largest absolute Gasteiger partial charge is 0.550 e. The van der Waals surface area contributed by atoms with E-state index in [9.17, 15) is 14.7 Å². The summed E-state index contributed by atoms with van der Waals surface area (Å²) in [5.41, 5.74) is 5.17. The Morgan fingerprint density at radius 2 is 1.54 bits per heavy atom. The molecule has 0 aliphatic heterocycles. The van der Waals surface area contributed by atoms with Crippen LogP contribution in [0.25, 0.3) is 10.2 Å². The van der Waals surface area contributed by atoms with Crippen molar-refractivity contribution >= 4 is 33.2 Å². The number of carboxylic acid groups (broad SMARTS) is 1. The van der Waals surface area contributed by atoms with Gasteiger partial charge >= 0.3 is 4.87 Å². The van der Waals surface area contributed by atoms with E-state index < -0.39 is 11.9 Å². The van der Waals surface area contributed by atoms with E-state index in [1.807, 2.05) is 103 Å². The molecule has 0 N–H and O–H groups in total. The van der Waals surface area contributed by atoms with Crippen molar-refractivity contribution in [3.63, 3.8) is 0 Å². The van der Waals surface area contributed by atoms with Crippen LogP contribution in [-0.2, 0) is 29.0 Å². The highest BCUT2D eigenvalue weighted by Crippen LogP contribution is 2.22. The molecule has 0 fully saturated rings. The topological polar surface area (TPSA) is 92.9 Å². The smallest absolute Gasteiger partial charge is 0.308 e. The van der Waals surface area contributed by atoms with E-state index in [1.54, 1.807) is 4.57 Å². The van der Waals surface area contributed by atoms with E-state index >= 15 is 0 Å². The van der Waals surface area contributed by atoms with Gasteiger partial charge in [-0.25, -0.2) is 0 Å². The number of carbonyl (C=O) groups excluding carboxylic acids is 1. The summed E-state index contributed by atoms with van der Waals surface area (Å²) in [5.74, 6) is -1.02. The number of ether oxygens (including phenoxy) is 1. The van der Waals surface area contributed by atoms with Crippen molar-refractivity contribution in [1.29, 1.82) is 0 Å². The number of aromatic nitrogens is 1. The van der Waals surface area contributed by atoms with Gasteiger partial charge < -0.3 is 19.5 Å². The molecule has 0 saturated carbocycles. The summed E-state index contributed by atoms with van der Waals surface area (Å²) >= 11 is 1.18. The fourth-order valence-corrected chi connectivity index (χ4v) is 5.74. The average molecular weight is 566 g/mol. The molecule has 1 atom stereocenters. The predicted octanol–water partition coefficient (Wildman–Crippen LogP) is 4.69. The molecule has 0 saturated heterocycles. The number of carboxylic acids is 1. The Morgan fingerprint density at radius 3 is 2.20 bits per heavy atom. The van der Waals surface area contributed by atoms with Gasteiger partial charge in [-0.3, -0.25) is 9.36 Å². The highest BCUT2D eigenvalue weighted by molar-refractivity contribution is 7.16. The number of rotatable bonds is 12. The summed E-state index contributed by atoms with van der Waals surface area (Å²) in [7, 11) is 1.51. The van der Waals surface area contributed by atoms with Gasteiger partial charge in [0.15, 0.2) is 0 Å². The first-order valence-corrected chi connectivity index (χ1v) is 14.1. The Kier molecular flexibility index (Phi) is 8.91. The van der Waals surface area contributed by atoms with Gasteiger partial charge in [0.05, 0.1) is 16.8 Å². The van der Waals surface area contributed by atoms with E-state index in [2.05, 4.69) is 5.16 Å². The Morgan fingerprint density at radius 1 is 0.878 bits per heavy atom. The van der Waals surface area contributed by atoms with Crippen molar-refractivity contribution in [2.24, 2.45) is 11.1 Å². The zero-order valence-electron chi connectivity index (χ0n) is 22.6. The highest BCUT2D eigenvalue weighted by atomic mass is 32.1. The van der Waals surface area contributed by atoms with Crippen LogP contribution in [0.1, 0.15) is 22.3 Å². The lowest BCUT2D eigenvalue weighted by Crippen LogP contribution is -2.34. The summed E-state index contributed by atoms with van der Waals surface area (Å²) in [6, 6.07) is 32.5. The minimum Gasteiger partial charge on any atom is -0.550 e. The lowest BCUT2D eigenvalue weighted by Gasteiger charge is -2.18. The number of fused-ring (bicyclic) bond motifs is 1. The molecule has 0 amide bonds. The lowest BCUT2D eigenvalue weighted by molar-refractivity contribution is -0.311. The Bertz CT molecular complexity index is 1690. The van der Waals surface area contributed by atoms with Crippen LogP contribution in [0, 0.1) is 5.92 Å². The molecule has 0 spiro atoms. The second-order valence-electron chi connectivity index (χ2n) is 9.59. The van der Waals surface area contributed by atoms with Gasteiger partial charge in [0.25, 0.3) is 0 Å². The molecule has 41 heavy (non-hydrogen) atoms. The van der Waals surface area contributed by atoms with E-state index in [1.165, 1.54) is 18.4 Å². The molecule has 0 aliphatic carbocycles. The Hall–Kier alpha value is -4.69. The van der Waals surface area contributed by atoms with Crippen molar-refractivity contribution < 1.29 is 19.5 Å². The minimum absolute atomic E-state index is 0.0622. The number of oxime groups is 1. The van der Waals surface area contributed by atoms with E-state index in [0.717, 1.165) is 32.5 Å². The molecule has 0 aliphatic rings. The average Bonchev–Trinajstić information content (AvgIpc) is 3.31. The monoisotopic (exact) mass is 565 g/mol. The lowest BCUT2D eigenvalue weighted by atomic mass is 9.92. The number of hydrogen-bond donors (Lipinski definition) is 0. The molecular weight excluding hydrogens is 536 g/mol. The van der Waals surface area contributed by atoms with Crippen LogP contribution in [0.15, 0.2) is 113 Å². The second kappa shape index (κ2) is 13.1. The zero-order chi connectivity index (χ0) is 28.6. The number of nitrogens with zero attached hydrogens (tertiary/aromatic N) is 2. The number of carbonyl (C=O) groups is 1. The third-order valence-corrected chi connectivity index (χ3v) is 7.76. The number of hydrogen-bond acceptors (Lipinski definition) is 7. The van der Waals surface area contributed by atoms with Crippen LogP contribution in [0.5, 0.6) is 5.75 Å². The van der Waals surface area contributed by atoms with Crippen LogP contribution in [0.3, 0.4) is 0 Å². The number of aliphatic carboxylic acids is 1. The third kappa shape index (κ3) is 6.91. The standard InChI is InChI=1S/C33H30N2O5S/c1-39-34-31(25-10-6-3-7-11-25)26-14-17-29-30(22-26)41-33(38)35(29)18-19-40-28-15-12-24(13-16-28)21-27(32(36)37)20-23-8-4-2-5-9-23/h2-17,22,27H,18-21H2,1H3,(H,36,37)/p-1/b34-31+. The van der Waals surface area contributed by atoms with Gasteiger partial charge in [0.2, 0.25) is 0 Å². The molecule has 5 rings (SSSR count). The third-order valence-electron chi connectivity index (χ3n) is 6.82. The van der Waals surface area contributed by atoms with Crippen molar-refractivity contribution in [3.8, 4) is 5.75 Å². The first-order chi connectivity index (χ1) is 20.0.